The van der Waals surface area contributed by atoms with Gasteiger partial charge in [-0.3, -0.25) is 4.79 Å². The van der Waals surface area contributed by atoms with Crippen molar-refractivity contribution in [3.63, 3.8) is 0 Å². The minimum atomic E-state index is 0.245. The normalized spacial score (nSPS) is 32.5. The Balaban J connectivity index is 1.76. The molecule has 21 heavy (non-hydrogen) atoms. The molecule has 1 amide bonds. The topological polar surface area (TPSA) is 41.1 Å². The molecule has 2 fully saturated rings. The number of hydrogen-bond acceptors (Lipinski definition) is 2. The minimum Gasteiger partial charge on any atom is -0.352 e. The van der Waals surface area contributed by atoms with Gasteiger partial charge in [-0.05, 0) is 63.3 Å². The molecule has 2 N–H and O–H groups in total. The van der Waals surface area contributed by atoms with E-state index in [-0.39, 0.29) is 12.0 Å². The van der Waals surface area contributed by atoms with Gasteiger partial charge >= 0.3 is 0 Å². The second-order valence-corrected chi connectivity index (χ2v) is 8.27. The molecule has 0 radical (unpaired) electrons. The van der Waals surface area contributed by atoms with Gasteiger partial charge in [-0.25, -0.2) is 0 Å². The summed E-state index contributed by atoms with van der Waals surface area (Å²) in [7, 11) is 0. The fourth-order valence-corrected chi connectivity index (χ4v) is 3.97. The van der Waals surface area contributed by atoms with Gasteiger partial charge < -0.3 is 10.6 Å². The molecule has 1 saturated heterocycles. The molecule has 2 aliphatic rings. The molecule has 0 aromatic rings. The van der Waals surface area contributed by atoms with Crippen molar-refractivity contribution in [2.75, 3.05) is 6.54 Å². The summed E-state index contributed by atoms with van der Waals surface area (Å²) in [5, 5.41) is 6.81. The van der Waals surface area contributed by atoms with Gasteiger partial charge in [0.25, 0.3) is 0 Å². The Morgan fingerprint density at radius 3 is 2.29 bits per heavy atom. The fourth-order valence-electron chi connectivity index (χ4n) is 3.97. The summed E-state index contributed by atoms with van der Waals surface area (Å²) >= 11 is 0. The number of piperidine rings is 1. The van der Waals surface area contributed by atoms with Crippen molar-refractivity contribution >= 4 is 5.91 Å². The van der Waals surface area contributed by atoms with Crippen LogP contribution in [0.25, 0.3) is 0 Å². The fraction of sp³-hybridized carbons (Fsp3) is 0.944. The molecule has 0 spiro atoms. The zero-order valence-electron chi connectivity index (χ0n) is 14.4. The smallest absolute Gasteiger partial charge is 0.223 e. The second kappa shape index (κ2) is 7.13. The third kappa shape index (κ3) is 4.70. The van der Waals surface area contributed by atoms with E-state index in [4.69, 9.17) is 0 Å². The van der Waals surface area contributed by atoms with E-state index in [9.17, 15) is 4.79 Å². The first kappa shape index (κ1) is 16.8. The highest BCUT2D eigenvalue weighted by Crippen LogP contribution is 2.39. The number of carbonyl (C=O) groups is 1. The van der Waals surface area contributed by atoms with Gasteiger partial charge in [0.05, 0.1) is 0 Å². The van der Waals surface area contributed by atoms with E-state index < -0.39 is 0 Å². The summed E-state index contributed by atoms with van der Waals surface area (Å²) < 4.78 is 0. The zero-order valence-corrected chi connectivity index (χ0v) is 14.4. The molecule has 1 saturated carbocycles. The lowest BCUT2D eigenvalue weighted by Crippen LogP contribution is -2.51. The van der Waals surface area contributed by atoms with Gasteiger partial charge in [-0.15, -0.1) is 0 Å². The standard InChI is InChI=1S/C18H34N2O/c1-13(16-7-5-6-12-19-16)20-17(21)14-8-10-15(11-9-14)18(2,3)4/h13-16,19H,5-12H2,1-4H3,(H,20,21). The molecule has 0 bridgehead atoms. The molecular weight excluding hydrogens is 260 g/mol. The summed E-state index contributed by atoms with van der Waals surface area (Å²) in [5.74, 6) is 1.32. The highest BCUT2D eigenvalue weighted by Gasteiger charge is 2.33. The number of hydrogen-bond donors (Lipinski definition) is 2. The monoisotopic (exact) mass is 294 g/mol. The lowest BCUT2D eigenvalue weighted by Gasteiger charge is -2.37. The van der Waals surface area contributed by atoms with E-state index >= 15 is 0 Å². The van der Waals surface area contributed by atoms with Crippen molar-refractivity contribution < 1.29 is 4.79 Å². The molecule has 0 aromatic heterocycles. The predicted octanol–water partition coefficient (Wildman–Crippen LogP) is 3.49. The van der Waals surface area contributed by atoms with Gasteiger partial charge in [0.15, 0.2) is 0 Å². The van der Waals surface area contributed by atoms with Crippen molar-refractivity contribution in [3.05, 3.63) is 0 Å². The molecule has 122 valence electrons. The van der Waals surface area contributed by atoms with Crippen molar-refractivity contribution in [3.8, 4) is 0 Å². The van der Waals surface area contributed by atoms with Crippen LogP contribution in [-0.4, -0.2) is 24.5 Å². The number of nitrogens with one attached hydrogen (secondary N) is 2. The van der Waals surface area contributed by atoms with Gasteiger partial charge in [0, 0.05) is 18.0 Å². The first-order chi connectivity index (χ1) is 9.88. The Bertz CT molecular complexity index is 334. The van der Waals surface area contributed by atoms with Crippen LogP contribution < -0.4 is 10.6 Å². The average molecular weight is 294 g/mol. The van der Waals surface area contributed by atoms with Gasteiger partial charge in [0.2, 0.25) is 5.91 Å². The highest BCUT2D eigenvalue weighted by molar-refractivity contribution is 5.79. The zero-order chi connectivity index (χ0) is 15.5. The maximum absolute atomic E-state index is 12.5. The summed E-state index contributed by atoms with van der Waals surface area (Å²) in [6.07, 6.45) is 8.30. The molecule has 2 unspecified atom stereocenters. The van der Waals surface area contributed by atoms with Crippen molar-refractivity contribution in [1.29, 1.82) is 0 Å². The van der Waals surface area contributed by atoms with Crippen LogP contribution in [0.3, 0.4) is 0 Å². The quantitative estimate of drug-likeness (QED) is 0.836. The summed E-state index contributed by atoms with van der Waals surface area (Å²) in [6.45, 7) is 10.2. The Labute approximate surface area is 130 Å². The maximum atomic E-state index is 12.5. The van der Waals surface area contributed by atoms with Crippen LogP contribution in [0.2, 0.25) is 0 Å². The molecule has 3 heteroatoms. The maximum Gasteiger partial charge on any atom is 0.223 e. The molecule has 1 aliphatic heterocycles. The van der Waals surface area contributed by atoms with Crippen LogP contribution in [0.5, 0.6) is 0 Å². The number of carbonyl (C=O) groups excluding carboxylic acids is 1. The van der Waals surface area contributed by atoms with E-state index in [1.54, 1.807) is 0 Å². The lowest BCUT2D eigenvalue weighted by molar-refractivity contribution is -0.127. The SMILES string of the molecule is CC(NC(=O)C1CCC(C(C)(C)C)CC1)C1CCCCN1. The average Bonchev–Trinajstić information content (AvgIpc) is 2.47. The van der Waals surface area contributed by atoms with Gasteiger partial charge in [0.1, 0.15) is 0 Å². The Hall–Kier alpha value is -0.570. The Morgan fingerprint density at radius 2 is 1.76 bits per heavy atom. The van der Waals surface area contributed by atoms with Crippen LogP contribution in [0.15, 0.2) is 0 Å². The molecule has 1 heterocycles. The van der Waals surface area contributed by atoms with Crippen molar-refractivity contribution in [2.24, 2.45) is 17.3 Å². The molecular formula is C18H34N2O. The number of amides is 1. The Kier molecular flexibility index (Phi) is 5.70. The van der Waals surface area contributed by atoms with Crippen molar-refractivity contribution in [1.82, 2.24) is 10.6 Å². The van der Waals surface area contributed by atoms with E-state index in [2.05, 4.69) is 38.3 Å². The first-order valence-corrected chi connectivity index (χ1v) is 8.91. The largest absolute Gasteiger partial charge is 0.352 e. The van der Waals surface area contributed by atoms with Crippen LogP contribution in [-0.2, 0) is 4.79 Å². The van der Waals surface area contributed by atoms with Crippen LogP contribution in [0, 0.1) is 17.3 Å². The van der Waals surface area contributed by atoms with Crippen LogP contribution in [0.1, 0.15) is 72.6 Å². The van der Waals surface area contributed by atoms with Gasteiger partial charge in [-0.1, -0.05) is 27.2 Å². The molecule has 3 nitrogen and oxygen atoms in total. The predicted molar refractivity (Wildman–Crippen MR) is 88.1 cm³/mol. The van der Waals surface area contributed by atoms with E-state index in [1.807, 2.05) is 0 Å². The highest BCUT2D eigenvalue weighted by atomic mass is 16.1. The van der Waals surface area contributed by atoms with Crippen LogP contribution in [0.4, 0.5) is 0 Å². The van der Waals surface area contributed by atoms with E-state index in [1.165, 1.54) is 32.1 Å². The summed E-state index contributed by atoms with van der Waals surface area (Å²) in [4.78, 5) is 12.5. The molecule has 0 aromatic carbocycles. The number of rotatable bonds is 3. The minimum absolute atomic E-state index is 0.245. The van der Waals surface area contributed by atoms with Crippen LogP contribution >= 0.6 is 0 Å². The third-order valence-corrected chi connectivity index (χ3v) is 5.64. The van der Waals surface area contributed by atoms with Gasteiger partial charge in [-0.2, -0.15) is 0 Å². The second-order valence-electron chi connectivity index (χ2n) is 8.27. The van der Waals surface area contributed by atoms with Crippen molar-refractivity contribution in [2.45, 2.75) is 84.7 Å². The Morgan fingerprint density at radius 1 is 1.10 bits per heavy atom. The lowest BCUT2D eigenvalue weighted by atomic mass is 9.69. The first-order valence-electron chi connectivity index (χ1n) is 8.91. The van der Waals surface area contributed by atoms with E-state index in [0.717, 1.165) is 25.3 Å². The summed E-state index contributed by atoms with van der Waals surface area (Å²) in [5.41, 5.74) is 0.390. The molecule has 2 rings (SSSR count). The molecule has 2 atom stereocenters. The molecule has 1 aliphatic carbocycles. The van der Waals surface area contributed by atoms with E-state index in [0.29, 0.717) is 17.4 Å². The third-order valence-electron chi connectivity index (χ3n) is 5.64. The summed E-state index contributed by atoms with van der Waals surface area (Å²) in [6, 6.07) is 0.728.